The minimum absolute atomic E-state index is 0.142. The smallest absolute Gasteiger partial charge is 0.313 e. The summed E-state index contributed by atoms with van der Waals surface area (Å²) < 4.78 is 0. The summed E-state index contributed by atoms with van der Waals surface area (Å²) >= 11 is 5.77. The van der Waals surface area contributed by atoms with Gasteiger partial charge < -0.3 is 15.7 Å². The van der Waals surface area contributed by atoms with E-state index in [9.17, 15) is 9.59 Å². The lowest BCUT2D eigenvalue weighted by molar-refractivity contribution is -0.136. The highest BCUT2D eigenvalue weighted by molar-refractivity contribution is 6.39. The zero-order valence-corrected chi connectivity index (χ0v) is 11.2. The molecule has 0 unspecified atom stereocenters. The van der Waals surface area contributed by atoms with E-state index in [4.69, 9.17) is 16.7 Å². The number of amides is 2. The quantitative estimate of drug-likeness (QED) is 0.548. The lowest BCUT2D eigenvalue weighted by Gasteiger charge is -2.06. The largest absolute Gasteiger partial charge is 0.396 e. The summed E-state index contributed by atoms with van der Waals surface area (Å²) in [5.41, 5.74) is 0.480. The maximum Gasteiger partial charge on any atom is 0.313 e. The second-order valence-electron chi connectivity index (χ2n) is 4.00. The second-order valence-corrected chi connectivity index (χ2v) is 4.44. The maximum atomic E-state index is 11.5. The fourth-order valence-electron chi connectivity index (χ4n) is 1.45. The summed E-state index contributed by atoms with van der Waals surface area (Å²) in [6, 6.07) is 6.58. The number of hydrogen-bond acceptors (Lipinski definition) is 3. The standard InChI is InChI=1S/C13H17ClN2O3/c14-10-5-4-6-11(9-10)16-13(19)12(18)15-7-2-1-3-8-17/h4-6,9,17H,1-3,7-8H2,(H,15,18)(H,16,19). The van der Waals surface area contributed by atoms with Crippen LogP contribution in [0.4, 0.5) is 5.69 Å². The monoisotopic (exact) mass is 284 g/mol. The van der Waals surface area contributed by atoms with E-state index in [1.807, 2.05) is 0 Å². The van der Waals surface area contributed by atoms with Gasteiger partial charge in [-0.25, -0.2) is 0 Å². The van der Waals surface area contributed by atoms with E-state index >= 15 is 0 Å². The van der Waals surface area contributed by atoms with Gasteiger partial charge in [-0.2, -0.15) is 0 Å². The number of anilines is 1. The molecule has 0 heterocycles. The van der Waals surface area contributed by atoms with Crippen LogP contribution < -0.4 is 10.6 Å². The molecule has 0 saturated heterocycles. The van der Waals surface area contributed by atoms with Crippen LogP contribution in [0, 0.1) is 0 Å². The Labute approximate surface area is 117 Å². The number of nitrogens with one attached hydrogen (secondary N) is 2. The van der Waals surface area contributed by atoms with Crippen molar-refractivity contribution in [2.75, 3.05) is 18.5 Å². The van der Waals surface area contributed by atoms with E-state index in [2.05, 4.69) is 10.6 Å². The fourth-order valence-corrected chi connectivity index (χ4v) is 1.64. The predicted molar refractivity (Wildman–Crippen MR) is 74.0 cm³/mol. The molecule has 1 aromatic carbocycles. The molecule has 104 valence electrons. The predicted octanol–water partition coefficient (Wildman–Crippen LogP) is 1.56. The van der Waals surface area contributed by atoms with Gasteiger partial charge in [0.1, 0.15) is 0 Å². The van der Waals surface area contributed by atoms with Crippen molar-refractivity contribution < 1.29 is 14.7 Å². The third-order valence-corrected chi connectivity index (χ3v) is 2.64. The highest BCUT2D eigenvalue weighted by Gasteiger charge is 2.12. The van der Waals surface area contributed by atoms with Crippen molar-refractivity contribution in [3.05, 3.63) is 29.3 Å². The van der Waals surface area contributed by atoms with Crippen LogP contribution in [-0.4, -0.2) is 30.1 Å². The van der Waals surface area contributed by atoms with Crippen molar-refractivity contribution in [3.8, 4) is 0 Å². The lowest BCUT2D eigenvalue weighted by Crippen LogP contribution is -2.35. The first-order valence-corrected chi connectivity index (χ1v) is 6.47. The van der Waals surface area contributed by atoms with Gasteiger partial charge in [0.2, 0.25) is 0 Å². The van der Waals surface area contributed by atoms with Crippen molar-refractivity contribution in [1.82, 2.24) is 5.32 Å². The summed E-state index contributed by atoms with van der Waals surface area (Å²) in [4.78, 5) is 23.0. The van der Waals surface area contributed by atoms with Crippen LogP contribution in [0.15, 0.2) is 24.3 Å². The fraction of sp³-hybridized carbons (Fsp3) is 0.385. The number of carbonyl (C=O) groups is 2. The number of carbonyl (C=O) groups excluding carboxylic acids is 2. The maximum absolute atomic E-state index is 11.5. The Morgan fingerprint density at radius 3 is 2.63 bits per heavy atom. The third kappa shape index (κ3) is 6.22. The highest BCUT2D eigenvalue weighted by Crippen LogP contribution is 2.14. The summed E-state index contributed by atoms with van der Waals surface area (Å²) in [5.74, 6) is -1.40. The first kappa shape index (κ1) is 15.5. The Hall–Kier alpha value is -1.59. The van der Waals surface area contributed by atoms with Gasteiger partial charge in [0, 0.05) is 23.9 Å². The molecule has 0 aliphatic rings. The number of aliphatic hydroxyl groups is 1. The van der Waals surface area contributed by atoms with Gasteiger partial charge >= 0.3 is 11.8 Å². The van der Waals surface area contributed by atoms with Gasteiger partial charge in [-0.1, -0.05) is 17.7 Å². The van der Waals surface area contributed by atoms with E-state index in [1.165, 1.54) is 0 Å². The molecule has 0 fully saturated rings. The zero-order valence-electron chi connectivity index (χ0n) is 10.5. The Morgan fingerprint density at radius 2 is 1.95 bits per heavy atom. The first-order valence-electron chi connectivity index (χ1n) is 6.09. The SMILES string of the molecule is O=C(NCCCCCO)C(=O)Nc1cccc(Cl)c1. The molecule has 19 heavy (non-hydrogen) atoms. The van der Waals surface area contributed by atoms with Crippen molar-refractivity contribution in [3.63, 3.8) is 0 Å². The Kier molecular flexibility index (Phi) is 6.92. The second kappa shape index (κ2) is 8.50. The van der Waals surface area contributed by atoms with Gasteiger partial charge in [-0.3, -0.25) is 9.59 Å². The number of hydrogen-bond donors (Lipinski definition) is 3. The molecule has 0 aromatic heterocycles. The lowest BCUT2D eigenvalue weighted by atomic mass is 10.2. The van der Waals surface area contributed by atoms with Crippen LogP contribution >= 0.6 is 11.6 Å². The van der Waals surface area contributed by atoms with Crippen LogP contribution in [0.1, 0.15) is 19.3 Å². The number of unbranched alkanes of at least 4 members (excludes halogenated alkanes) is 2. The van der Waals surface area contributed by atoms with Gasteiger partial charge in [-0.15, -0.1) is 0 Å². The van der Waals surface area contributed by atoms with Crippen molar-refractivity contribution in [2.45, 2.75) is 19.3 Å². The Morgan fingerprint density at radius 1 is 1.16 bits per heavy atom. The van der Waals surface area contributed by atoms with E-state index in [1.54, 1.807) is 24.3 Å². The number of aliphatic hydroxyl groups excluding tert-OH is 1. The summed E-state index contributed by atoms with van der Waals surface area (Å²) in [5, 5.41) is 14.0. The molecular weight excluding hydrogens is 268 g/mol. The van der Waals surface area contributed by atoms with Crippen LogP contribution in [-0.2, 0) is 9.59 Å². The molecule has 6 heteroatoms. The van der Waals surface area contributed by atoms with Gasteiger partial charge in [0.05, 0.1) is 0 Å². The molecule has 0 radical (unpaired) electrons. The molecule has 0 aliphatic carbocycles. The summed E-state index contributed by atoms with van der Waals surface area (Å²) in [6.45, 7) is 0.561. The molecule has 2 amide bonds. The highest BCUT2D eigenvalue weighted by atomic mass is 35.5. The van der Waals surface area contributed by atoms with E-state index < -0.39 is 11.8 Å². The first-order chi connectivity index (χ1) is 9.13. The van der Waals surface area contributed by atoms with E-state index in [0.717, 1.165) is 12.8 Å². The summed E-state index contributed by atoms with van der Waals surface area (Å²) in [6.07, 6.45) is 2.24. The van der Waals surface area contributed by atoms with Crippen LogP contribution in [0.3, 0.4) is 0 Å². The number of rotatable bonds is 6. The zero-order chi connectivity index (χ0) is 14.1. The van der Waals surface area contributed by atoms with Crippen molar-refractivity contribution in [1.29, 1.82) is 0 Å². The molecule has 0 spiro atoms. The van der Waals surface area contributed by atoms with Crippen LogP contribution in [0.25, 0.3) is 0 Å². The molecule has 1 rings (SSSR count). The molecule has 0 aliphatic heterocycles. The minimum atomic E-state index is -0.718. The van der Waals surface area contributed by atoms with Crippen LogP contribution in [0.2, 0.25) is 5.02 Å². The van der Waals surface area contributed by atoms with Gasteiger partial charge in [-0.05, 0) is 37.5 Å². The van der Waals surface area contributed by atoms with Crippen molar-refractivity contribution in [2.24, 2.45) is 0 Å². The molecular formula is C13H17ClN2O3. The van der Waals surface area contributed by atoms with E-state index in [0.29, 0.717) is 23.7 Å². The Bertz CT molecular complexity index is 438. The number of benzene rings is 1. The molecule has 0 saturated carbocycles. The third-order valence-electron chi connectivity index (χ3n) is 2.41. The number of halogens is 1. The molecule has 5 nitrogen and oxygen atoms in total. The average molecular weight is 285 g/mol. The van der Waals surface area contributed by atoms with Crippen molar-refractivity contribution >= 4 is 29.1 Å². The van der Waals surface area contributed by atoms with Crippen LogP contribution in [0.5, 0.6) is 0 Å². The Balaban J connectivity index is 2.31. The molecule has 0 bridgehead atoms. The molecule has 1 aromatic rings. The van der Waals surface area contributed by atoms with Gasteiger partial charge in [0.25, 0.3) is 0 Å². The minimum Gasteiger partial charge on any atom is -0.396 e. The normalized spacial score (nSPS) is 10.0. The average Bonchev–Trinajstić information content (AvgIpc) is 2.38. The molecule has 3 N–H and O–H groups in total. The van der Waals surface area contributed by atoms with E-state index in [-0.39, 0.29) is 6.61 Å². The summed E-state index contributed by atoms with van der Waals surface area (Å²) in [7, 11) is 0. The topological polar surface area (TPSA) is 78.4 Å². The molecule has 0 atom stereocenters. The van der Waals surface area contributed by atoms with Gasteiger partial charge in [0.15, 0.2) is 0 Å².